The number of ether oxygens (including phenoxy) is 2. The quantitative estimate of drug-likeness (QED) is 0.617. The van der Waals surface area contributed by atoms with Crippen molar-refractivity contribution in [2.45, 2.75) is 31.7 Å². The zero-order valence-electron chi connectivity index (χ0n) is 16.1. The number of nitrogens with one attached hydrogen (secondary N) is 1. The third-order valence-electron chi connectivity index (χ3n) is 5.31. The molecule has 5 nitrogen and oxygen atoms in total. The first-order chi connectivity index (χ1) is 13.7. The van der Waals surface area contributed by atoms with Gasteiger partial charge in [0.15, 0.2) is 5.43 Å². The summed E-state index contributed by atoms with van der Waals surface area (Å²) in [6.45, 7) is 1.42. The maximum Gasteiger partial charge on any atom is 0.200 e. The van der Waals surface area contributed by atoms with Crippen LogP contribution >= 0.6 is 0 Å². The summed E-state index contributed by atoms with van der Waals surface area (Å²) in [6, 6.07) is 13.4. The Kier molecular flexibility index (Phi) is 5.63. The van der Waals surface area contributed by atoms with Crippen LogP contribution in [0.4, 0.5) is 0 Å². The van der Waals surface area contributed by atoms with Gasteiger partial charge in [-0.15, -0.1) is 0 Å². The number of fused-ring (bicyclic) bond motifs is 1. The molecule has 0 bridgehead atoms. The zero-order valence-corrected chi connectivity index (χ0v) is 16.1. The summed E-state index contributed by atoms with van der Waals surface area (Å²) in [4.78, 5) is 12.9. The second kappa shape index (κ2) is 8.48. The second-order valence-corrected chi connectivity index (χ2v) is 7.15. The zero-order chi connectivity index (χ0) is 19.3. The van der Waals surface area contributed by atoms with Gasteiger partial charge in [-0.1, -0.05) is 25.0 Å². The molecule has 0 radical (unpaired) electrons. The van der Waals surface area contributed by atoms with Crippen LogP contribution in [0.25, 0.3) is 22.1 Å². The van der Waals surface area contributed by atoms with E-state index in [4.69, 9.17) is 13.9 Å². The van der Waals surface area contributed by atoms with E-state index in [1.54, 1.807) is 19.2 Å². The number of hydrogen-bond donors (Lipinski definition) is 1. The van der Waals surface area contributed by atoms with Gasteiger partial charge in [0.05, 0.1) is 18.1 Å². The van der Waals surface area contributed by atoms with Crippen LogP contribution in [0.1, 0.15) is 25.7 Å². The van der Waals surface area contributed by atoms with Crippen molar-refractivity contribution in [3.63, 3.8) is 0 Å². The summed E-state index contributed by atoms with van der Waals surface area (Å²) in [5.41, 5.74) is 1.81. The summed E-state index contributed by atoms with van der Waals surface area (Å²) >= 11 is 0. The Labute approximate surface area is 164 Å². The van der Waals surface area contributed by atoms with Crippen molar-refractivity contribution in [3.05, 3.63) is 59.0 Å². The minimum Gasteiger partial charge on any atom is -0.497 e. The number of rotatable bonds is 7. The topological polar surface area (TPSA) is 60.7 Å². The van der Waals surface area contributed by atoms with Crippen molar-refractivity contribution in [3.8, 4) is 22.6 Å². The van der Waals surface area contributed by atoms with Gasteiger partial charge >= 0.3 is 0 Å². The summed E-state index contributed by atoms with van der Waals surface area (Å²) < 4.78 is 16.7. The SMILES string of the molecule is COc1ccc(-c2coc3cc(OCCNC4CCCC4)ccc3c2=O)cc1. The first-order valence-corrected chi connectivity index (χ1v) is 9.81. The van der Waals surface area contributed by atoms with E-state index in [0.29, 0.717) is 34.9 Å². The molecule has 1 fully saturated rings. The molecule has 146 valence electrons. The smallest absolute Gasteiger partial charge is 0.200 e. The average Bonchev–Trinajstić information content (AvgIpc) is 3.25. The minimum absolute atomic E-state index is 0.0548. The van der Waals surface area contributed by atoms with Gasteiger partial charge in [-0.25, -0.2) is 0 Å². The highest BCUT2D eigenvalue weighted by Gasteiger charge is 2.14. The van der Waals surface area contributed by atoms with Crippen molar-refractivity contribution in [1.82, 2.24) is 5.32 Å². The molecule has 0 saturated heterocycles. The van der Waals surface area contributed by atoms with E-state index in [1.807, 2.05) is 30.3 Å². The lowest BCUT2D eigenvalue weighted by molar-refractivity contribution is 0.305. The van der Waals surface area contributed by atoms with Gasteiger partial charge in [-0.3, -0.25) is 4.79 Å². The summed E-state index contributed by atoms with van der Waals surface area (Å²) in [5.74, 6) is 1.46. The third kappa shape index (κ3) is 4.04. The van der Waals surface area contributed by atoms with Gasteiger partial charge < -0.3 is 19.2 Å². The van der Waals surface area contributed by atoms with E-state index in [1.165, 1.54) is 31.9 Å². The van der Waals surface area contributed by atoms with Crippen LogP contribution in [0.3, 0.4) is 0 Å². The van der Waals surface area contributed by atoms with Crippen LogP contribution in [0.2, 0.25) is 0 Å². The van der Waals surface area contributed by atoms with Crippen LogP contribution < -0.4 is 20.2 Å². The Morgan fingerprint density at radius 1 is 1.07 bits per heavy atom. The Balaban J connectivity index is 1.46. The molecular formula is C23H25NO4. The molecule has 1 aliphatic carbocycles. The van der Waals surface area contributed by atoms with Crippen molar-refractivity contribution in [2.75, 3.05) is 20.3 Å². The molecule has 0 atom stereocenters. The van der Waals surface area contributed by atoms with Crippen molar-refractivity contribution >= 4 is 11.0 Å². The van der Waals surface area contributed by atoms with E-state index >= 15 is 0 Å². The minimum atomic E-state index is -0.0548. The predicted molar refractivity (Wildman–Crippen MR) is 110 cm³/mol. The normalized spacial score (nSPS) is 14.5. The van der Waals surface area contributed by atoms with E-state index in [-0.39, 0.29) is 5.43 Å². The molecule has 1 heterocycles. The largest absolute Gasteiger partial charge is 0.497 e. The molecule has 3 aromatic rings. The Morgan fingerprint density at radius 3 is 2.57 bits per heavy atom. The van der Waals surface area contributed by atoms with Crippen LogP contribution in [0.5, 0.6) is 11.5 Å². The van der Waals surface area contributed by atoms with E-state index < -0.39 is 0 Å². The summed E-state index contributed by atoms with van der Waals surface area (Å²) in [6.07, 6.45) is 6.68. The Bertz CT molecular complexity index is 988. The van der Waals surface area contributed by atoms with Gasteiger partial charge in [0, 0.05) is 18.7 Å². The fraction of sp³-hybridized carbons (Fsp3) is 0.348. The van der Waals surface area contributed by atoms with Gasteiger partial charge in [-0.2, -0.15) is 0 Å². The van der Waals surface area contributed by atoms with Crippen LogP contribution in [-0.2, 0) is 0 Å². The lowest BCUT2D eigenvalue weighted by Gasteiger charge is -2.12. The molecule has 1 saturated carbocycles. The molecule has 1 N–H and O–H groups in total. The van der Waals surface area contributed by atoms with E-state index in [9.17, 15) is 4.79 Å². The second-order valence-electron chi connectivity index (χ2n) is 7.15. The van der Waals surface area contributed by atoms with Gasteiger partial charge in [-0.05, 0) is 42.7 Å². The standard InChI is InChI=1S/C23H25NO4/c1-26-18-8-6-16(7-9-18)21-15-28-22-14-19(10-11-20(22)23(21)25)27-13-12-24-17-4-2-3-5-17/h6-11,14-15,17,24H,2-5,12-13H2,1H3. The molecular weight excluding hydrogens is 354 g/mol. The van der Waals surface area contributed by atoms with Gasteiger partial charge in [0.2, 0.25) is 0 Å². The van der Waals surface area contributed by atoms with Crippen LogP contribution in [0.15, 0.2) is 57.9 Å². The maximum absolute atomic E-state index is 12.9. The summed E-state index contributed by atoms with van der Waals surface area (Å²) in [5, 5.41) is 4.07. The molecule has 2 aromatic carbocycles. The van der Waals surface area contributed by atoms with Crippen molar-refractivity contribution in [2.24, 2.45) is 0 Å². The van der Waals surface area contributed by atoms with Gasteiger partial charge in [0.1, 0.15) is 30.0 Å². The highest BCUT2D eigenvalue weighted by Crippen LogP contribution is 2.24. The van der Waals surface area contributed by atoms with Crippen LogP contribution in [-0.4, -0.2) is 26.3 Å². The summed E-state index contributed by atoms with van der Waals surface area (Å²) in [7, 11) is 1.61. The van der Waals surface area contributed by atoms with Crippen LogP contribution in [0, 0.1) is 0 Å². The lowest BCUT2D eigenvalue weighted by atomic mass is 10.1. The highest BCUT2D eigenvalue weighted by molar-refractivity contribution is 5.82. The Morgan fingerprint density at radius 2 is 1.82 bits per heavy atom. The molecule has 0 unspecified atom stereocenters. The fourth-order valence-electron chi connectivity index (χ4n) is 3.73. The van der Waals surface area contributed by atoms with Gasteiger partial charge in [0.25, 0.3) is 0 Å². The molecule has 0 amide bonds. The van der Waals surface area contributed by atoms with Crippen molar-refractivity contribution < 1.29 is 13.9 Å². The molecule has 0 spiro atoms. The molecule has 28 heavy (non-hydrogen) atoms. The Hall–Kier alpha value is -2.79. The molecule has 4 rings (SSSR count). The fourth-order valence-corrected chi connectivity index (χ4v) is 3.73. The highest BCUT2D eigenvalue weighted by atomic mass is 16.5. The third-order valence-corrected chi connectivity index (χ3v) is 5.31. The maximum atomic E-state index is 12.9. The molecule has 1 aliphatic rings. The number of hydrogen-bond acceptors (Lipinski definition) is 5. The lowest BCUT2D eigenvalue weighted by Crippen LogP contribution is -2.30. The van der Waals surface area contributed by atoms with Crippen molar-refractivity contribution in [1.29, 1.82) is 0 Å². The molecule has 1 aromatic heterocycles. The van der Waals surface area contributed by atoms with E-state index in [2.05, 4.69) is 5.32 Å². The number of methoxy groups -OCH3 is 1. The monoisotopic (exact) mass is 379 g/mol. The average molecular weight is 379 g/mol. The molecule has 5 heteroatoms. The van der Waals surface area contributed by atoms with E-state index in [0.717, 1.165) is 17.9 Å². The number of benzene rings is 2. The first kappa shape index (κ1) is 18.6. The first-order valence-electron chi connectivity index (χ1n) is 9.81. The molecule has 0 aliphatic heterocycles. The predicted octanol–water partition coefficient (Wildman–Crippen LogP) is 4.38.